The van der Waals surface area contributed by atoms with Gasteiger partial charge in [-0.1, -0.05) is 12.1 Å². The van der Waals surface area contributed by atoms with Gasteiger partial charge in [0, 0.05) is 42.8 Å². The number of alkyl halides is 3. The third kappa shape index (κ3) is 4.37. The number of aryl methyl sites for hydroxylation is 1. The van der Waals surface area contributed by atoms with E-state index in [1.54, 1.807) is 12.4 Å². The number of rotatable bonds is 3. The van der Waals surface area contributed by atoms with Crippen LogP contribution in [-0.2, 0) is 10.9 Å². The summed E-state index contributed by atoms with van der Waals surface area (Å²) in [5.41, 5.74) is 1.69. The smallest absolute Gasteiger partial charge is 0.370 e. The summed E-state index contributed by atoms with van der Waals surface area (Å²) in [6.45, 7) is 3.49. The summed E-state index contributed by atoms with van der Waals surface area (Å²) >= 11 is 0. The van der Waals surface area contributed by atoms with E-state index in [0.717, 1.165) is 29.2 Å². The molecule has 8 heteroatoms. The molecule has 3 aromatic rings. The predicted octanol–water partition coefficient (Wildman–Crippen LogP) is 4.44. The quantitative estimate of drug-likeness (QED) is 0.651. The van der Waals surface area contributed by atoms with Crippen LogP contribution >= 0.6 is 0 Å². The van der Waals surface area contributed by atoms with Crippen LogP contribution in [-0.4, -0.2) is 34.6 Å². The van der Waals surface area contributed by atoms with Gasteiger partial charge in [-0.05, 0) is 36.8 Å². The zero-order valence-electron chi connectivity index (χ0n) is 15.7. The molecule has 1 aromatic carbocycles. The Kier molecular flexibility index (Phi) is 5.19. The number of morpholine rings is 1. The highest BCUT2D eigenvalue weighted by atomic mass is 19.4. The maximum absolute atomic E-state index is 12.8. The van der Waals surface area contributed by atoms with E-state index in [2.05, 4.69) is 19.9 Å². The SMILES string of the molecule is Cc1cc(N2CCOC(c3ccc(C(F)(F)F)cc3)C2)nc(-c2cccnc2)n1. The molecule has 0 bridgehead atoms. The summed E-state index contributed by atoms with van der Waals surface area (Å²) in [6.07, 6.45) is -1.28. The summed E-state index contributed by atoms with van der Waals surface area (Å²) in [4.78, 5) is 15.4. The standard InChI is InChI=1S/C21H19F3N4O/c1-14-11-19(27-20(26-14)16-3-2-8-25-12-16)28-9-10-29-18(13-28)15-4-6-17(7-5-15)21(22,23)24/h2-8,11-12,18H,9-10,13H2,1H3. The molecule has 1 atom stereocenters. The fraction of sp³-hybridized carbons (Fsp3) is 0.286. The number of hydrogen-bond donors (Lipinski definition) is 0. The fourth-order valence-corrected chi connectivity index (χ4v) is 3.28. The lowest BCUT2D eigenvalue weighted by Crippen LogP contribution is -2.39. The number of nitrogens with zero attached hydrogens (tertiary/aromatic N) is 4. The van der Waals surface area contributed by atoms with E-state index in [9.17, 15) is 13.2 Å². The average Bonchev–Trinajstić information content (AvgIpc) is 2.73. The van der Waals surface area contributed by atoms with Crippen LogP contribution in [0.3, 0.4) is 0 Å². The minimum Gasteiger partial charge on any atom is -0.370 e. The Bertz CT molecular complexity index is 977. The molecule has 0 radical (unpaired) electrons. The molecule has 1 aliphatic rings. The van der Waals surface area contributed by atoms with Crippen molar-refractivity contribution in [1.29, 1.82) is 0 Å². The average molecular weight is 400 g/mol. The van der Waals surface area contributed by atoms with Gasteiger partial charge in [-0.25, -0.2) is 9.97 Å². The van der Waals surface area contributed by atoms with Crippen molar-refractivity contribution in [1.82, 2.24) is 15.0 Å². The van der Waals surface area contributed by atoms with Gasteiger partial charge in [0.25, 0.3) is 0 Å². The van der Waals surface area contributed by atoms with Gasteiger partial charge in [0.2, 0.25) is 0 Å². The van der Waals surface area contributed by atoms with Crippen LogP contribution in [0, 0.1) is 6.92 Å². The first-order chi connectivity index (χ1) is 13.9. The normalized spacial score (nSPS) is 17.4. The van der Waals surface area contributed by atoms with Crippen molar-refractivity contribution in [3.63, 3.8) is 0 Å². The topological polar surface area (TPSA) is 51.1 Å². The number of pyridine rings is 1. The molecule has 0 aliphatic carbocycles. The van der Waals surface area contributed by atoms with Crippen LogP contribution in [0.25, 0.3) is 11.4 Å². The zero-order valence-corrected chi connectivity index (χ0v) is 15.7. The first-order valence-corrected chi connectivity index (χ1v) is 9.20. The van der Waals surface area contributed by atoms with Crippen LogP contribution < -0.4 is 4.90 Å². The van der Waals surface area contributed by atoms with E-state index >= 15 is 0 Å². The van der Waals surface area contributed by atoms with Gasteiger partial charge in [0.1, 0.15) is 11.9 Å². The summed E-state index contributed by atoms with van der Waals surface area (Å²) in [6, 6.07) is 10.8. The highest BCUT2D eigenvalue weighted by Crippen LogP contribution is 2.32. The number of aromatic nitrogens is 3. The van der Waals surface area contributed by atoms with E-state index in [4.69, 9.17) is 4.74 Å². The second-order valence-electron chi connectivity index (χ2n) is 6.86. The van der Waals surface area contributed by atoms with Gasteiger partial charge in [0.05, 0.1) is 12.2 Å². The lowest BCUT2D eigenvalue weighted by atomic mass is 10.1. The summed E-state index contributed by atoms with van der Waals surface area (Å²) in [5, 5.41) is 0. The van der Waals surface area contributed by atoms with Crippen molar-refractivity contribution in [2.45, 2.75) is 19.2 Å². The van der Waals surface area contributed by atoms with Gasteiger partial charge >= 0.3 is 6.18 Å². The largest absolute Gasteiger partial charge is 0.416 e. The molecule has 1 aliphatic heterocycles. The van der Waals surface area contributed by atoms with E-state index in [1.807, 2.05) is 25.1 Å². The lowest BCUT2D eigenvalue weighted by Gasteiger charge is -2.34. The van der Waals surface area contributed by atoms with Gasteiger partial charge in [-0.15, -0.1) is 0 Å². The molecular weight excluding hydrogens is 381 g/mol. The first kappa shape index (κ1) is 19.3. The predicted molar refractivity (Wildman–Crippen MR) is 102 cm³/mol. The van der Waals surface area contributed by atoms with Gasteiger partial charge in [-0.3, -0.25) is 4.98 Å². The third-order valence-electron chi connectivity index (χ3n) is 4.76. The maximum atomic E-state index is 12.8. The van der Waals surface area contributed by atoms with Crippen LogP contribution in [0.4, 0.5) is 19.0 Å². The molecule has 1 unspecified atom stereocenters. The van der Waals surface area contributed by atoms with E-state index in [1.165, 1.54) is 12.1 Å². The Balaban J connectivity index is 1.56. The van der Waals surface area contributed by atoms with Crippen molar-refractivity contribution in [3.8, 4) is 11.4 Å². The van der Waals surface area contributed by atoms with E-state index in [0.29, 0.717) is 31.1 Å². The second kappa shape index (κ2) is 7.79. The summed E-state index contributed by atoms with van der Waals surface area (Å²) in [7, 11) is 0. The number of hydrogen-bond acceptors (Lipinski definition) is 5. The lowest BCUT2D eigenvalue weighted by molar-refractivity contribution is -0.137. The Labute approximate surface area is 166 Å². The minimum atomic E-state index is -4.35. The summed E-state index contributed by atoms with van der Waals surface area (Å²) < 4.78 is 44.2. The number of ether oxygens (including phenoxy) is 1. The molecule has 0 saturated carbocycles. The maximum Gasteiger partial charge on any atom is 0.416 e. The van der Waals surface area contributed by atoms with E-state index in [-0.39, 0.29) is 6.10 Å². The number of anilines is 1. The highest BCUT2D eigenvalue weighted by Gasteiger charge is 2.31. The molecular formula is C21H19F3N4O. The van der Waals surface area contributed by atoms with Crippen LogP contribution in [0.15, 0.2) is 54.9 Å². The van der Waals surface area contributed by atoms with Crippen molar-refractivity contribution in [3.05, 3.63) is 71.7 Å². The van der Waals surface area contributed by atoms with Crippen LogP contribution in [0.5, 0.6) is 0 Å². The molecule has 5 nitrogen and oxygen atoms in total. The molecule has 0 N–H and O–H groups in total. The van der Waals surface area contributed by atoms with Crippen LogP contribution in [0.2, 0.25) is 0 Å². The Morgan fingerprint density at radius 1 is 1.10 bits per heavy atom. The molecule has 150 valence electrons. The van der Waals surface area contributed by atoms with Crippen LogP contribution in [0.1, 0.15) is 22.9 Å². The minimum absolute atomic E-state index is 0.330. The first-order valence-electron chi connectivity index (χ1n) is 9.20. The summed E-state index contributed by atoms with van der Waals surface area (Å²) in [5.74, 6) is 1.35. The van der Waals surface area contributed by atoms with E-state index < -0.39 is 11.7 Å². The fourth-order valence-electron chi connectivity index (χ4n) is 3.28. The Hall–Kier alpha value is -3.00. The van der Waals surface area contributed by atoms with Crippen molar-refractivity contribution in [2.24, 2.45) is 0 Å². The van der Waals surface area contributed by atoms with Gasteiger partial charge in [0.15, 0.2) is 5.82 Å². The molecule has 0 amide bonds. The van der Waals surface area contributed by atoms with Gasteiger partial charge in [-0.2, -0.15) is 13.2 Å². The number of halogens is 3. The molecule has 1 fully saturated rings. The molecule has 3 heterocycles. The van der Waals surface area contributed by atoms with Crippen molar-refractivity contribution >= 4 is 5.82 Å². The Morgan fingerprint density at radius 3 is 2.59 bits per heavy atom. The second-order valence-corrected chi connectivity index (χ2v) is 6.86. The Morgan fingerprint density at radius 2 is 1.90 bits per heavy atom. The third-order valence-corrected chi connectivity index (χ3v) is 4.76. The zero-order chi connectivity index (χ0) is 20.4. The monoisotopic (exact) mass is 400 g/mol. The molecule has 0 spiro atoms. The molecule has 2 aromatic heterocycles. The molecule has 1 saturated heterocycles. The van der Waals surface area contributed by atoms with Crippen molar-refractivity contribution in [2.75, 3.05) is 24.6 Å². The van der Waals surface area contributed by atoms with Crippen molar-refractivity contribution < 1.29 is 17.9 Å². The highest BCUT2D eigenvalue weighted by molar-refractivity contribution is 5.57. The van der Waals surface area contributed by atoms with Gasteiger partial charge < -0.3 is 9.64 Å². The molecule has 4 rings (SSSR count). The molecule has 29 heavy (non-hydrogen) atoms. The number of benzene rings is 1.